The summed E-state index contributed by atoms with van der Waals surface area (Å²) in [6.07, 6.45) is 3.76. The molecule has 7 nitrogen and oxygen atoms in total. The zero-order valence-corrected chi connectivity index (χ0v) is 13.8. The number of carboxylic acid groups (broad SMARTS) is 1. The molecule has 0 bridgehead atoms. The van der Waals surface area contributed by atoms with Crippen molar-refractivity contribution in [1.82, 2.24) is 9.97 Å². The van der Waals surface area contributed by atoms with Crippen molar-refractivity contribution in [1.29, 1.82) is 0 Å². The summed E-state index contributed by atoms with van der Waals surface area (Å²) in [7, 11) is -1.42. The van der Waals surface area contributed by atoms with Gasteiger partial charge in [-0.2, -0.15) is 0 Å². The Kier molecular flexibility index (Phi) is 4.65. The van der Waals surface area contributed by atoms with Gasteiger partial charge < -0.3 is 10.0 Å². The highest BCUT2D eigenvalue weighted by atomic mass is 32.2. The molecule has 122 valence electrons. The molecule has 1 N–H and O–H groups in total. The predicted octanol–water partition coefficient (Wildman–Crippen LogP) is 1.78. The van der Waals surface area contributed by atoms with Gasteiger partial charge in [0.15, 0.2) is 15.5 Å². The first-order valence-electron chi connectivity index (χ1n) is 6.78. The highest BCUT2D eigenvalue weighted by molar-refractivity contribution is 7.90. The van der Waals surface area contributed by atoms with Gasteiger partial charge in [0, 0.05) is 13.3 Å². The molecule has 1 aromatic carbocycles. The van der Waals surface area contributed by atoms with Crippen LogP contribution in [-0.4, -0.2) is 42.8 Å². The lowest BCUT2D eigenvalue weighted by molar-refractivity contribution is 0.0690. The molecule has 1 atom stereocenters. The summed E-state index contributed by atoms with van der Waals surface area (Å²) in [4.78, 5) is 20.8. The van der Waals surface area contributed by atoms with Crippen molar-refractivity contribution in [3.63, 3.8) is 0 Å². The lowest BCUT2D eigenvalue weighted by Gasteiger charge is -2.26. The summed E-state index contributed by atoms with van der Waals surface area (Å²) < 4.78 is 23.0. The number of anilines is 1. The standard InChI is InChI=1S/C15H17N3O4S/c1-10(11-4-6-12(7-5-11)23(3,21)22)18(2)14-9-16-13(8-17-14)15(19)20/h4-10H,1-3H3,(H,19,20). The van der Waals surface area contributed by atoms with Gasteiger partial charge in [0.2, 0.25) is 0 Å². The van der Waals surface area contributed by atoms with E-state index in [1.807, 2.05) is 11.8 Å². The van der Waals surface area contributed by atoms with Gasteiger partial charge in [0.25, 0.3) is 0 Å². The van der Waals surface area contributed by atoms with E-state index in [0.29, 0.717) is 5.82 Å². The van der Waals surface area contributed by atoms with Gasteiger partial charge in [-0.3, -0.25) is 0 Å². The van der Waals surface area contributed by atoms with Crippen molar-refractivity contribution in [2.75, 3.05) is 18.2 Å². The maximum Gasteiger partial charge on any atom is 0.356 e. The molecule has 0 aliphatic carbocycles. The van der Waals surface area contributed by atoms with Gasteiger partial charge in [-0.15, -0.1) is 0 Å². The lowest BCUT2D eigenvalue weighted by Crippen LogP contribution is -2.23. The third-order valence-electron chi connectivity index (χ3n) is 3.59. The Morgan fingerprint density at radius 1 is 1.17 bits per heavy atom. The van der Waals surface area contributed by atoms with E-state index in [-0.39, 0.29) is 16.6 Å². The molecule has 2 aromatic rings. The van der Waals surface area contributed by atoms with Crippen LogP contribution in [0.25, 0.3) is 0 Å². The second-order valence-corrected chi connectivity index (χ2v) is 7.21. The number of rotatable bonds is 5. The van der Waals surface area contributed by atoms with E-state index >= 15 is 0 Å². The molecule has 1 unspecified atom stereocenters. The van der Waals surface area contributed by atoms with Crippen LogP contribution in [0, 0.1) is 0 Å². The van der Waals surface area contributed by atoms with E-state index in [4.69, 9.17) is 5.11 Å². The molecule has 1 aromatic heterocycles. The Labute approximate surface area is 134 Å². The normalized spacial score (nSPS) is 12.7. The van der Waals surface area contributed by atoms with Crippen molar-refractivity contribution in [2.24, 2.45) is 0 Å². The average molecular weight is 335 g/mol. The molecule has 23 heavy (non-hydrogen) atoms. The van der Waals surface area contributed by atoms with E-state index in [0.717, 1.165) is 11.8 Å². The number of sulfone groups is 1. The van der Waals surface area contributed by atoms with Crippen molar-refractivity contribution in [3.8, 4) is 0 Å². The first kappa shape index (κ1) is 16.9. The summed E-state index contributed by atoms with van der Waals surface area (Å²) >= 11 is 0. The van der Waals surface area contributed by atoms with Crippen molar-refractivity contribution in [3.05, 3.63) is 47.9 Å². The number of benzene rings is 1. The van der Waals surface area contributed by atoms with Gasteiger partial charge in [-0.1, -0.05) is 12.1 Å². The molecule has 2 rings (SSSR count). The minimum absolute atomic E-state index is 0.0893. The molecule has 0 aliphatic heterocycles. The fourth-order valence-corrected chi connectivity index (χ4v) is 2.66. The van der Waals surface area contributed by atoms with Crippen LogP contribution in [0.4, 0.5) is 5.82 Å². The molecule has 0 spiro atoms. The third kappa shape index (κ3) is 3.84. The molecular weight excluding hydrogens is 318 g/mol. The number of carboxylic acids is 1. The molecule has 0 radical (unpaired) electrons. The second kappa shape index (κ2) is 6.33. The van der Waals surface area contributed by atoms with Gasteiger partial charge in [-0.05, 0) is 24.6 Å². The Morgan fingerprint density at radius 3 is 2.22 bits per heavy atom. The van der Waals surface area contributed by atoms with E-state index in [9.17, 15) is 13.2 Å². The first-order chi connectivity index (χ1) is 10.7. The molecular formula is C15H17N3O4S. The van der Waals surface area contributed by atoms with Crippen LogP contribution in [0.3, 0.4) is 0 Å². The lowest BCUT2D eigenvalue weighted by atomic mass is 10.1. The molecule has 0 amide bonds. The maximum absolute atomic E-state index is 11.5. The summed E-state index contributed by atoms with van der Waals surface area (Å²) in [5, 5.41) is 8.83. The van der Waals surface area contributed by atoms with Crippen molar-refractivity contribution >= 4 is 21.6 Å². The summed E-state index contributed by atoms with van der Waals surface area (Å²) in [5.74, 6) is -0.606. The second-order valence-electron chi connectivity index (χ2n) is 5.19. The fourth-order valence-electron chi connectivity index (χ4n) is 2.03. The van der Waals surface area contributed by atoms with E-state index in [1.54, 1.807) is 31.3 Å². The third-order valence-corrected chi connectivity index (χ3v) is 4.72. The van der Waals surface area contributed by atoms with Crippen LogP contribution >= 0.6 is 0 Å². The Hall–Kier alpha value is -2.48. The van der Waals surface area contributed by atoms with Gasteiger partial charge in [-0.25, -0.2) is 23.2 Å². The number of aromatic nitrogens is 2. The minimum atomic E-state index is -3.22. The number of hydrogen-bond donors (Lipinski definition) is 1. The molecule has 0 saturated heterocycles. The predicted molar refractivity (Wildman–Crippen MR) is 85.4 cm³/mol. The topological polar surface area (TPSA) is 100 Å². The zero-order valence-electron chi connectivity index (χ0n) is 13.0. The van der Waals surface area contributed by atoms with E-state index in [2.05, 4.69) is 9.97 Å². The largest absolute Gasteiger partial charge is 0.476 e. The highest BCUT2D eigenvalue weighted by Crippen LogP contribution is 2.24. The van der Waals surface area contributed by atoms with Crippen molar-refractivity contribution in [2.45, 2.75) is 17.9 Å². The van der Waals surface area contributed by atoms with Crippen LogP contribution in [0.15, 0.2) is 41.6 Å². The fraction of sp³-hybridized carbons (Fsp3) is 0.267. The Balaban J connectivity index is 2.22. The van der Waals surface area contributed by atoms with Crippen LogP contribution < -0.4 is 4.90 Å². The smallest absolute Gasteiger partial charge is 0.356 e. The average Bonchev–Trinajstić information content (AvgIpc) is 2.53. The summed E-state index contributed by atoms with van der Waals surface area (Å²) in [6.45, 7) is 1.93. The molecule has 0 aliphatic rings. The van der Waals surface area contributed by atoms with Crippen LogP contribution in [0.1, 0.15) is 29.0 Å². The molecule has 0 saturated carbocycles. The zero-order chi connectivity index (χ0) is 17.2. The number of aromatic carboxylic acids is 1. The Morgan fingerprint density at radius 2 is 1.78 bits per heavy atom. The van der Waals surface area contributed by atoms with Gasteiger partial charge in [0.05, 0.1) is 23.3 Å². The highest BCUT2D eigenvalue weighted by Gasteiger charge is 2.16. The quantitative estimate of drug-likeness (QED) is 0.888. The van der Waals surface area contributed by atoms with Crippen LogP contribution in [0.5, 0.6) is 0 Å². The van der Waals surface area contributed by atoms with Gasteiger partial charge >= 0.3 is 5.97 Å². The summed E-state index contributed by atoms with van der Waals surface area (Å²) in [5.41, 5.74) is 0.788. The van der Waals surface area contributed by atoms with Crippen molar-refractivity contribution < 1.29 is 18.3 Å². The summed E-state index contributed by atoms with van der Waals surface area (Å²) in [6, 6.07) is 6.53. The Bertz CT molecular complexity index is 802. The van der Waals surface area contributed by atoms with Gasteiger partial charge in [0.1, 0.15) is 5.82 Å². The van der Waals surface area contributed by atoms with E-state index < -0.39 is 15.8 Å². The molecule has 8 heteroatoms. The first-order valence-corrected chi connectivity index (χ1v) is 8.67. The SMILES string of the molecule is CC(c1ccc(S(C)(=O)=O)cc1)N(C)c1cnc(C(=O)O)cn1. The molecule has 0 fully saturated rings. The van der Waals surface area contributed by atoms with Crippen LogP contribution in [-0.2, 0) is 9.84 Å². The van der Waals surface area contributed by atoms with Crippen LogP contribution in [0.2, 0.25) is 0 Å². The van der Waals surface area contributed by atoms with E-state index in [1.165, 1.54) is 12.4 Å². The number of carbonyl (C=O) groups is 1. The maximum atomic E-state index is 11.5. The minimum Gasteiger partial charge on any atom is -0.476 e. The number of hydrogen-bond acceptors (Lipinski definition) is 6. The molecule has 1 heterocycles. The number of nitrogens with zero attached hydrogens (tertiary/aromatic N) is 3. The monoisotopic (exact) mass is 335 g/mol.